The molecule has 154 valence electrons. The van der Waals surface area contributed by atoms with E-state index in [4.69, 9.17) is 0 Å². The van der Waals surface area contributed by atoms with Crippen molar-refractivity contribution in [2.75, 3.05) is 0 Å². The summed E-state index contributed by atoms with van der Waals surface area (Å²) in [4.78, 5) is 23.0. The van der Waals surface area contributed by atoms with Crippen LogP contribution in [-0.2, 0) is 26.2 Å². The number of carbonyl (C=O) groups excluding carboxylic acids is 2. The molecule has 1 unspecified atom stereocenters. The standard InChI is InChI=1S/C20H29N3O4S/c1-7-18(25)22-17-12-19(3,4)23(20(17,5)6)28(26,27)16-10-8-15(9-11-16)13-21-14(2)24/h7-11,17H,1,12-13H2,2-6H3,(H,21,24)(H,22,25). The first-order chi connectivity index (χ1) is 12.8. The van der Waals surface area contributed by atoms with E-state index in [1.165, 1.54) is 17.3 Å². The average Bonchev–Trinajstić information content (AvgIpc) is 2.77. The first-order valence-corrected chi connectivity index (χ1v) is 10.6. The van der Waals surface area contributed by atoms with Crippen molar-refractivity contribution in [3.05, 3.63) is 42.5 Å². The van der Waals surface area contributed by atoms with E-state index in [0.717, 1.165) is 5.56 Å². The second kappa shape index (κ2) is 7.67. The van der Waals surface area contributed by atoms with E-state index in [9.17, 15) is 18.0 Å². The van der Waals surface area contributed by atoms with E-state index in [0.29, 0.717) is 13.0 Å². The third-order valence-corrected chi connectivity index (χ3v) is 7.45. The molecule has 1 saturated heterocycles. The fourth-order valence-corrected chi connectivity index (χ4v) is 6.12. The third-order valence-electron chi connectivity index (χ3n) is 5.13. The Labute approximate surface area is 167 Å². The van der Waals surface area contributed by atoms with Gasteiger partial charge in [-0.15, -0.1) is 0 Å². The first kappa shape index (κ1) is 22.1. The van der Waals surface area contributed by atoms with Crippen molar-refractivity contribution < 1.29 is 18.0 Å². The predicted molar refractivity (Wildman–Crippen MR) is 108 cm³/mol. The average molecular weight is 408 g/mol. The molecule has 0 spiro atoms. The van der Waals surface area contributed by atoms with Crippen molar-refractivity contribution in [1.82, 2.24) is 14.9 Å². The molecule has 0 radical (unpaired) electrons. The van der Waals surface area contributed by atoms with Crippen LogP contribution in [0.1, 0.15) is 46.6 Å². The van der Waals surface area contributed by atoms with Crippen molar-refractivity contribution >= 4 is 21.8 Å². The van der Waals surface area contributed by atoms with Crippen LogP contribution in [0.3, 0.4) is 0 Å². The summed E-state index contributed by atoms with van der Waals surface area (Å²) in [5, 5.41) is 5.54. The van der Waals surface area contributed by atoms with Gasteiger partial charge in [0, 0.05) is 25.0 Å². The SMILES string of the molecule is C=CC(=O)NC1CC(C)(C)N(S(=O)(=O)c2ccc(CNC(C)=O)cc2)C1(C)C. The van der Waals surface area contributed by atoms with Gasteiger partial charge in [0.05, 0.1) is 10.4 Å². The third kappa shape index (κ3) is 4.28. The molecule has 1 atom stereocenters. The minimum atomic E-state index is -3.81. The molecule has 0 saturated carbocycles. The van der Waals surface area contributed by atoms with Gasteiger partial charge in [-0.2, -0.15) is 4.31 Å². The summed E-state index contributed by atoms with van der Waals surface area (Å²) in [7, 11) is -3.81. The normalized spacial score (nSPS) is 21.1. The van der Waals surface area contributed by atoms with Crippen LogP contribution in [0, 0.1) is 0 Å². The Bertz CT molecular complexity index is 873. The van der Waals surface area contributed by atoms with Crippen LogP contribution in [0.2, 0.25) is 0 Å². The molecule has 1 fully saturated rings. The number of benzene rings is 1. The molecule has 0 bridgehead atoms. The highest BCUT2D eigenvalue weighted by molar-refractivity contribution is 7.89. The van der Waals surface area contributed by atoms with Crippen LogP contribution >= 0.6 is 0 Å². The Morgan fingerprint density at radius 2 is 1.79 bits per heavy atom. The number of amides is 2. The minimum Gasteiger partial charge on any atom is -0.352 e. The minimum absolute atomic E-state index is 0.148. The van der Waals surface area contributed by atoms with Gasteiger partial charge < -0.3 is 10.6 Å². The molecule has 2 amide bonds. The summed E-state index contributed by atoms with van der Waals surface area (Å²) in [6.07, 6.45) is 1.67. The molecule has 28 heavy (non-hydrogen) atoms. The lowest BCUT2D eigenvalue weighted by molar-refractivity contribution is -0.119. The molecule has 1 aromatic carbocycles. The Balaban J connectivity index is 2.36. The molecule has 7 nitrogen and oxygen atoms in total. The van der Waals surface area contributed by atoms with Crippen molar-refractivity contribution in [3.8, 4) is 0 Å². The van der Waals surface area contributed by atoms with Gasteiger partial charge in [-0.25, -0.2) is 8.42 Å². The maximum absolute atomic E-state index is 13.5. The van der Waals surface area contributed by atoms with Crippen molar-refractivity contribution in [3.63, 3.8) is 0 Å². The Hall–Kier alpha value is -2.19. The van der Waals surface area contributed by atoms with Gasteiger partial charge in [0.1, 0.15) is 0 Å². The van der Waals surface area contributed by atoms with Gasteiger partial charge in [-0.3, -0.25) is 9.59 Å². The molecular weight excluding hydrogens is 378 g/mol. The summed E-state index contributed by atoms with van der Waals surface area (Å²) in [6, 6.07) is 6.13. The van der Waals surface area contributed by atoms with Crippen LogP contribution in [0.4, 0.5) is 0 Å². The highest BCUT2D eigenvalue weighted by Crippen LogP contribution is 2.44. The van der Waals surface area contributed by atoms with Crippen LogP contribution < -0.4 is 10.6 Å². The van der Waals surface area contributed by atoms with E-state index in [2.05, 4.69) is 17.2 Å². The van der Waals surface area contributed by atoms with Gasteiger partial charge >= 0.3 is 0 Å². The topological polar surface area (TPSA) is 95.6 Å². The molecule has 1 aromatic rings. The van der Waals surface area contributed by atoms with E-state index >= 15 is 0 Å². The van der Waals surface area contributed by atoms with Crippen molar-refractivity contribution in [2.45, 2.75) is 69.6 Å². The zero-order valence-electron chi connectivity index (χ0n) is 17.1. The van der Waals surface area contributed by atoms with E-state index in [-0.39, 0.29) is 22.8 Å². The molecule has 1 aliphatic heterocycles. The highest BCUT2D eigenvalue weighted by Gasteiger charge is 2.57. The molecule has 2 N–H and O–H groups in total. The molecule has 8 heteroatoms. The van der Waals surface area contributed by atoms with Gasteiger partial charge in [0.15, 0.2) is 0 Å². The van der Waals surface area contributed by atoms with Crippen LogP contribution in [0.15, 0.2) is 41.8 Å². The molecule has 0 aromatic heterocycles. The second-order valence-corrected chi connectivity index (χ2v) is 10.0. The largest absolute Gasteiger partial charge is 0.352 e. The van der Waals surface area contributed by atoms with E-state index in [1.54, 1.807) is 24.3 Å². The Kier molecular flexibility index (Phi) is 6.06. The number of hydrogen-bond donors (Lipinski definition) is 2. The van der Waals surface area contributed by atoms with E-state index < -0.39 is 21.1 Å². The zero-order chi connectivity index (χ0) is 21.3. The number of carbonyl (C=O) groups is 2. The second-order valence-electron chi connectivity index (χ2n) is 8.26. The van der Waals surface area contributed by atoms with Crippen LogP contribution in [-0.4, -0.2) is 41.7 Å². The Morgan fingerprint density at radius 3 is 2.29 bits per heavy atom. The number of hydrogen-bond acceptors (Lipinski definition) is 4. The zero-order valence-corrected chi connectivity index (χ0v) is 17.9. The highest BCUT2D eigenvalue weighted by atomic mass is 32.2. The Morgan fingerprint density at radius 1 is 1.21 bits per heavy atom. The summed E-state index contributed by atoms with van der Waals surface area (Å²) in [5.74, 6) is -0.472. The van der Waals surface area contributed by atoms with E-state index in [1.807, 2.05) is 27.7 Å². The van der Waals surface area contributed by atoms with Gasteiger partial charge in [0.2, 0.25) is 21.8 Å². The van der Waals surface area contributed by atoms with Crippen molar-refractivity contribution in [1.29, 1.82) is 0 Å². The quantitative estimate of drug-likeness (QED) is 0.705. The van der Waals surface area contributed by atoms with Gasteiger partial charge in [-0.1, -0.05) is 18.7 Å². The van der Waals surface area contributed by atoms with Crippen molar-refractivity contribution in [2.24, 2.45) is 0 Å². The number of nitrogens with one attached hydrogen (secondary N) is 2. The van der Waals surface area contributed by atoms with Gasteiger partial charge in [-0.05, 0) is 57.9 Å². The fourth-order valence-electron chi connectivity index (χ4n) is 3.96. The summed E-state index contributed by atoms with van der Waals surface area (Å²) >= 11 is 0. The lowest BCUT2D eigenvalue weighted by Crippen LogP contribution is -2.56. The smallest absolute Gasteiger partial charge is 0.244 e. The molecule has 1 aliphatic rings. The molecule has 0 aliphatic carbocycles. The summed E-state index contributed by atoms with van der Waals surface area (Å²) in [5.41, 5.74) is -0.697. The fraction of sp³-hybridized carbons (Fsp3) is 0.500. The summed E-state index contributed by atoms with van der Waals surface area (Å²) in [6.45, 7) is 12.6. The maximum Gasteiger partial charge on any atom is 0.244 e. The van der Waals surface area contributed by atoms with Crippen LogP contribution in [0.5, 0.6) is 0 Å². The van der Waals surface area contributed by atoms with Gasteiger partial charge in [0.25, 0.3) is 0 Å². The molecule has 2 rings (SSSR count). The monoisotopic (exact) mass is 407 g/mol. The number of nitrogens with zero attached hydrogens (tertiary/aromatic N) is 1. The first-order valence-electron chi connectivity index (χ1n) is 9.14. The lowest BCUT2D eigenvalue weighted by atomic mass is 9.94. The predicted octanol–water partition coefficient (Wildman–Crippen LogP) is 1.95. The van der Waals surface area contributed by atoms with Crippen LogP contribution in [0.25, 0.3) is 0 Å². The maximum atomic E-state index is 13.5. The number of rotatable bonds is 6. The lowest BCUT2D eigenvalue weighted by Gasteiger charge is -2.40. The number of sulfonamides is 1. The summed E-state index contributed by atoms with van der Waals surface area (Å²) < 4.78 is 28.4. The molecule has 1 heterocycles. The molecular formula is C20H29N3O4S.